The molecule has 1 unspecified atom stereocenters. The molecule has 0 saturated carbocycles. The zero-order valence-electron chi connectivity index (χ0n) is 17.7. The van der Waals surface area contributed by atoms with Crippen molar-refractivity contribution < 1.29 is 27.4 Å². The third kappa shape index (κ3) is 5.77. The van der Waals surface area contributed by atoms with Gasteiger partial charge in [0.25, 0.3) is 5.91 Å². The standard InChI is InChI=1S/C22H27N3O6S/c26-22(21-16-30-19-4-1-2-5-20(19)31-21)24-17-6-8-18(9-7-17)32(27,28)23-10-3-11-25-12-14-29-15-13-25/h1-2,4-9,21,23H,3,10-16H2,(H,24,26). The van der Waals surface area contributed by atoms with E-state index in [1.165, 1.54) is 12.1 Å². The molecule has 2 aromatic carbocycles. The van der Waals surface area contributed by atoms with Crippen molar-refractivity contribution in [2.75, 3.05) is 51.3 Å². The molecule has 0 aliphatic carbocycles. The number of rotatable bonds is 8. The minimum atomic E-state index is -3.61. The molecule has 2 N–H and O–H groups in total. The molecule has 2 aliphatic heterocycles. The lowest BCUT2D eigenvalue weighted by Crippen LogP contribution is -2.40. The maximum atomic E-state index is 12.5. The Bertz CT molecular complexity index is 1020. The van der Waals surface area contributed by atoms with Crippen molar-refractivity contribution in [1.82, 2.24) is 9.62 Å². The molecule has 0 spiro atoms. The number of carbonyl (C=O) groups is 1. The van der Waals surface area contributed by atoms with Crippen LogP contribution in [0.15, 0.2) is 53.4 Å². The van der Waals surface area contributed by atoms with Gasteiger partial charge in [-0.15, -0.1) is 0 Å². The number of anilines is 1. The molecule has 1 amide bonds. The third-order valence-corrected chi connectivity index (χ3v) is 6.76. The molecule has 0 bridgehead atoms. The van der Waals surface area contributed by atoms with Crippen molar-refractivity contribution in [2.45, 2.75) is 17.4 Å². The third-order valence-electron chi connectivity index (χ3n) is 5.28. The summed E-state index contributed by atoms with van der Waals surface area (Å²) in [4.78, 5) is 14.9. The second-order valence-electron chi connectivity index (χ2n) is 7.58. The second kappa shape index (κ2) is 10.3. The number of hydrogen-bond donors (Lipinski definition) is 2. The summed E-state index contributed by atoms with van der Waals surface area (Å²) in [5.41, 5.74) is 0.476. The number of nitrogens with zero attached hydrogens (tertiary/aromatic N) is 1. The topological polar surface area (TPSA) is 106 Å². The van der Waals surface area contributed by atoms with Crippen LogP contribution in [-0.4, -0.2) is 71.3 Å². The lowest BCUT2D eigenvalue weighted by Gasteiger charge is -2.26. The van der Waals surface area contributed by atoms with Crippen molar-refractivity contribution in [3.8, 4) is 11.5 Å². The average molecular weight is 462 g/mol. The summed E-state index contributed by atoms with van der Waals surface area (Å²) in [6, 6.07) is 13.2. The van der Waals surface area contributed by atoms with Crippen LogP contribution in [-0.2, 0) is 19.6 Å². The summed E-state index contributed by atoms with van der Waals surface area (Å²) in [6.07, 6.45) is -0.0681. The van der Waals surface area contributed by atoms with E-state index in [4.69, 9.17) is 14.2 Å². The molecule has 10 heteroatoms. The van der Waals surface area contributed by atoms with Gasteiger partial charge in [0.1, 0.15) is 6.61 Å². The minimum Gasteiger partial charge on any atom is -0.485 e. The molecule has 2 heterocycles. The van der Waals surface area contributed by atoms with Gasteiger partial charge in [-0.25, -0.2) is 13.1 Å². The Balaban J connectivity index is 1.26. The maximum absolute atomic E-state index is 12.5. The van der Waals surface area contributed by atoms with Crippen LogP contribution in [0.2, 0.25) is 0 Å². The number of hydrogen-bond acceptors (Lipinski definition) is 7. The number of ether oxygens (including phenoxy) is 3. The van der Waals surface area contributed by atoms with E-state index in [9.17, 15) is 13.2 Å². The van der Waals surface area contributed by atoms with Crippen LogP contribution < -0.4 is 19.5 Å². The highest BCUT2D eigenvalue weighted by Crippen LogP contribution is 2.31. The minimum absolute atomic E-state index is 0.101. The first-order valence-electron chi connectivity index (χ1n) is 10.6. The van der Waals surface area contributed by atoms with Crippen LogP contribution in [0.3, 0.4) is 0 Å². The number of benzene rings is 2. The Morgan fingerprint density at radius 3 is 2.50 bits per heavy atom. The predicted octanol–water partition coefficient (Wildman–Crippen LogP) is 1.47. The van der Waals surface area contributed by atoms with Gasteiger partial charge in [-0.3, -0.25) is 9.69 Å². The molecule has 1 fully saturated rings. The van der Waals surface area contributed by atoms with E-state index in [1.54, 1.807) is 30.3 Å². The van der Waals surface area contributed by atoms with Gasteiger partial charge in [0.05, 0.1) is 18.1 Å². The average Bonchev–Trinajstić information content (AvgIpc) is 2.82. The van der Waals surface area contributed by atoms with Crippen molar-refractivity contribution in [3.05, 3.63) is 48.5 Å². The highest BCUT2D eigenvalue weighted by Gasteiger charge is 2.27. The zero-order valence-corrected chi connectivity index (χ0v) is 18.5. The van der Waals surface area contributed by atoms with Crippen molar-refractivity contribution >= 4 is 21.6 Å². The highest BCUT2D eigenvalue weighted by atomic mass is 32.2. The van der Waals surface area contributed by atoms with Gasteiger partial charge in [-0.1, -0.05) is 12.1 Å². The maximum Gasteiger partial charge on any atom is 0.269 e. The molecule has 9 nitrogen and oxygen atoms in total. The molecular weight excluding hydrogens is 434 g/mol. The van der Waals surface area contributed by atoms with E-state index in [2.05, 4.69) is 14.9 Å². The molecule has 1 atom stereocenters. The number of sulfonamides is 1. The molecule has 172 valence electrons. The fourth-order valence-electron chi connectivity index (χ4n) is 3.51. The Morgan fingerprint density at radius 1 is 1.03 bits per heavy atom. The number of nitrogens with one attached hydrogen (secondary N) is 2. The first kappa shape index (κ1) is 22.5. The molecule has 4 rings (SSSR count). The smallest absolute Gasteiger partial charge is 0.269 e. The van der Waals surface area contributed by atoms with Gasteiger partial charge in [0.15, 0.2) is 11.5 Å². The van der Waals surface area contributed by atoms with Gasteiger partial charge in [0.2, 0.25) is 16.1 Å². The molecule has 2 aromatic rings. The van der Waals surface area contributed by atoms with Crippen LogP contribution in [0.5, 0.6) is 11.5 Å². The van der Waals surface area contributed by atoms with Gasteiger partial charge in [0, 0.05) is 25.3 Å². The van der Waals surface area contributed by atoms with Gasteiger partial charge in [-0.2, -0.15) is 0 Å². The summed E-state index contributed by atoms with van der Waals surface area (Å²) < 4.78 is 44.2. The lowest BCUT2D eigenvalue weighted by atomic mass is 10.2. The van der Waals surface area contributed by atoms with Crippen molar-refractivity contribution in [1.29, 1.82) is 0 Å². The van der Waals surface area contributed by atoms with Gasteiger partial charge < -0.3 is 19.5 Å². The molecule has 2 aliphatic rings. The number of para-hydroxylation sites is 2. The van der Waals surface area contributed by atoms with Gasteiger partial charge in [-0.05, 0) is 49.4 Å². The molecule has 0 aromatic heterocycles. The number of amides is 1. The number of carbonyl (C=O) groups excluding carboxylic acids is 1. The molecule has 32 heavy (non-hydrogen) atoms. The predicted molar refractivity (Wildman–Crippen MR) is 118 cm³/mol. The fourth-order valence-corrected chi connectivity index (χ4v) is 4.58. The second-order valence-corrected chi connectivity index (χ2v) is 9.35. The van der Waals surface area contributed by atoms with E-state index >= 15 is 0 Å². The Hall–Kier alpha value is -2.66. The summed E-state index contributed by atoms with van der Waals surface area (Å²) in [7, 11) is -3.61. The van der Waals surface area contributed by atoms with Crippen molar-refractivity contribution in [3.63, 3.8) is 0 Å². The first-order chi connectivity index (χ1) is 15.5. The van der Waals surface area contributed by atoms with Gasteiger partial charge >= 0.3 is 0 Å². The van der Waals surface area contributed by atoms with E-state index < -0.39 is 16.1 Å². The Labute approximate surface area is 187 Å². The highest BCUT2D eigenvalue weighted by molar-refractivity contribution is 7.89. The quantitative estimate of drug-likeness (QED) is 0.574. The van der Waals surface area contributed by atoms with E-state index in [-0.39, 0.29) is 17.4 Å². The van der Waals surface area contributed by atoms with Crippen LogP contribution in [0, 0.1) is 0 Å². The Kier molecular flexibility index (Phi) is 7.26. The van der Waals surface area contributed by atoms with Crippen LogP contribution in [0.1, 0.15) is 6.42 Å². The molecule has 1 saturated heterocycles. The van der Waals surface area contributed by atoms with Crippen LogP contribution in [0.4, 0.5) is 5.69 Å². The normalized spacial score (nSPS) is 18.8. The largest absolute Gasteiger partial charge is 0.485 e. The number of fused-ring (bicyclic) bond motifs is 1. The first-order valence-corrected chi connectivity index (χ1v) is 12.1. The van der Waals surface area contributed by atoms with E-state index in [0.29, 0.717) is 23.7 Å². The summed E-state index contributed by atoms with van der Waals surface area (Å²) in [6.45, 7) is 4.50. The Morgan fingerprint density at radius 2 is 1.75 bits per heavy atom. The van der Waals surface area contributed by atoms with E-state index in [1.807, 2.05) is 6.07 Å². The SMILES string of the molecule is O=C(Nc1ccc(S(=O)(=O)NCCCN2CCOCC2)cc1)C1COc2ccccc2O1. The number of morpholine rings is 1. The summed E-state index contributed by atoms with van der Waals surface area (Å²) >= 11 is 0. The molecule has 0 radical (unpaired) electrons. The van der Waals surface area contributed by atoms with Crippen LogP contribution >= 0.6 is 0 Å². The van der Waals surface area contributed by atoms with Crippen LogP contribution in [0.25, 0.3) is 0 Å². The lowest BCUT2D eigenvalue weighted by molar-refractivity contribution is -0.125. The zero-order chi connectivity index (χ0) is 22.4. The van der Waals surface area contributed by atoms with Crippen molar-refractivity contribution in [2.24, 2.45) is 0 Å². The fraction of sp³-hybridized carbons (Fsp3) is 0.409. The summed E-state index contributed by atoms with van der Waals surface area (Å²) in [5.74, 6) is 0.750. The van der Waals surface area contributed by atoms with E-state index in [0.717, 1.165) is 39.3 Å². The monoisotopic (exact) mass is 461 g/mol. The molecular formula is C22H27N3O6S. The summed E-state index contributed by atoms with van der Waals surface area (Å²) in [5, 5.41) is 2.73.